The number of hydrogen-bond donors (Lipinski definition) is 2. The van der Waals surface area contributed by atoms with Gasteiger partial charge in [-0.3, -0.25) is 9.36 Å². The van der Waals surface area contributed by atoms with Crippen molar-refractivity contribution in [2.45, 2.75) is 12.8 Å². The third-order valence-electron chi connectivity index (χ3n) is 5.41. The number of fused-ring (bicyclic) bond motifs is 1. The zero-order valence-corrected chi connectivity index (χ0v) is 17.0. The molecule has 152 valence electrons. The molecule has 0 spiro atoms. The third kappa shape index (κ3) is 3.85. The molecule has 2 aliphatic heterocycles. The number of hydrogen-bond acceptors (Lipinski definition) is 3. The van der Waals surface area contributed by atoms with Gasteiger partial charge in [0.15, 0.2) is 5.82 Å². The summed E-state index contributed by atoms with van der Waals surface area (Å²) < 4.78 is 1.67. The van der Waals surface area contributed by atoms with E-state index in [1.165, 1.54) is 0 Å². The maximum atomic E-state index is 13.2. The van der Waals surface area contributed by atoms with E-state index >= 15 is 0 Å². The highest BCUT2D eigenvalue weighted by Crippen LogP contribution is 2.24. The van der Waals surface area contributed by atoms with Gasteiger partial charge in [0.1, 0.15) is 5.69 Å². The minimum atomic E-state index is -0.0844. The van der Waals surface area contributed by atoms with Crippen molar-refractivity contribution in [3.05, 3.63) is 124 Å². The van der Waals surface area contributed by atoms with Crippen LogP contribution in [0.2, 0.25) is 0 Å². The largest absolute Gasteiger partial charge is 0.399 e. The molecule has 3 aromatic rings. The molecule has 0 bridgehead atoms. The maximum absolute atomic E-state index is 13.2. The number of rotatable bonds is 5. The van der Waals surface area contributed by atoms with Crippen LogP contribution in [0.25, 0.3) is 17.1 Å². The molecular weight excluding hydrogens is 384 g/mol. The molecule has 5 rings (SSSR count). The number of aromatic nitrogens is 3. The Bertz CT molecular complexity index is 1340. The Morgan fingerprint density at radius 1 is 0.806 bits per heavy atom. The van der Waals surface area contributed by atoms with Gasteiger partial charge < -0.3 is 10.7 Å². The van der Waals surface area contributed by atoms with Crippen molar-refractivity contribution in [2.75, 3.05) is 5.73 Å². The highest BCUT2D eigenvalue weighted by Gasteiger charge is 2.20. The number of aromatic amines is 1. The first-order chi connectivity index (χ1) is 15.2. The molecule has 0 saturated heterocycles. The lowest BCUT2D eigenvalue weighted by Crippen LogP contribution is -2.17. The second kappa shape index (κ2) is 7.95. The van der Waals surface area contributed by atoms with Gasteiger partial charge in [0.05, 0.1) is 11.4 Å². The summed E-state index contributed by atoms with van der Waals surface area (Å²) in [5.41, 5.74) is 11.9. The molecule has 0 fully saturated rings. The predicted molar refractivity (Wildman–Crippen MR) is 124 cm³/mol. The number of nitrogens with zero attached hydrogens (tertiary/aromatic N) is 2. The quantitative estimate of drug-likeness (QED) is 0.424. The van der Waals surface area contributed by atoms with Gasteiger partial charge in [-0.05, 0) is 28.8 Å². The number of anilines is 1. The second-order valence-corrected chi connectivity index (χ2v) is 7.65. The Hall–Kier alpha value is -4.12. The van der Waals surface area contributed by atoms with Crippen LogP contribution in [0.3, 0.4) is 0 Å². The van der Waals surface area contributed by atoms with E-state index in [1.807, 2.05) is 79.0 Å². The summed E-state index contributed by atoms with van der Waals surface area (Å²) in [4.78, 5) is 21.5. The van der Waals surface area contributed by atoms with Gasteiger partial charge in [-0.15, -0.1) is 0 Å². The molecule has 0 unspecified atom stereocenters. The van der Waals surface area contributed by atoms with E-state index in [4.69, 9.17) is 10.7 Å². The van der Waals surface area contributed by atoms with E-state index < -0.39 is 0 Å². The molecule has 3 aromatic carbocycles. The van der Waals surface area contributed by atoms with Crippen LogP contribution in [-0.2, 0) is 12.8 Å². The number of nitrogen functional groups attached to an aromatic ring is 1. The summed E-state index contributed by atoms with van der Waals surface area (Å²) in [6.45, 7) is 0. The predicted octanol–water partition coefficient (Wildman–Crippen LogP) is 4.43. The second-order valence-electron chi connectivity index (χ2n) is 7.65. The molecule has 3 N–H and O–H groups in total. The first-order valence-electron chi connectivity index (χ1n) is 10.2. The fourth-order valence-corrected chi connectivity index (χ4v) is 3.81. The number of nitrogens with one attached hydrogen (secondary N) is 1. The number of benzene rings is 3. The van der Waals surface area contributed by atoms with Crippen LogP contribution in [0.4, 0.5) is 5.69 Å². The summed E-state index contributed by atoms with van der Waals surface area (Å²) in [5, 5.41) is 0. The molecule has 5 nitrogen and oxygen atoms in total. The first kappa shape index (κ1) is 18.9. The fraction of sp³-hybridized carbons (Fsp3) is 0.0769. The minimum Gasteiger partial charge on any atom is -0.399 e. The van der Waals surface area contributed by atoms with Gasteiger partial charge in [-0.25, -0.2) is 4.98 Å². The molecule has 31 heavy (non-hydrogen) atoms. The number of H-pyrrole nitrogens is 1. The molecule has 0 atom stereocenters. The lowest BCUT2D eigenvalue weighted by atomic mass is 10.1. The van der Waals surface area contributed by atoms with Gasteiger partial charge in [0.25, 0.3) is 5.56 Å². The van der Waals surface area contributed by atoms with E-state index in [-0.39, 0.29) is 5.56 Å². The Morgan fingerprint density at radius 2 is 1.42 bits per heavy atom. The minimum absolute atomic E-state index is 0.0844. The fourth-order valence-electron chi connectivity index (χ4n) is 3.81. The molecule has 2 heterocycles. The van der Waals surface area contributed by atoms with Crippen molar-refractivity contribution in [3.8, 4) is 17.1 Å². The lowest BCUT2D eigenvalue weighted by Gasteiger charge is -2.13. The number of imidazole rings is 1. The van der Waals surface area contributed by atoms with E-state index in [2.05, 4.69) is 17.1 Å². The smallest absolute Gasteiger partial charge is 0.278 e. The summed E-state index contributed by atoms with van der Waals surface area (Å²) >= 11 is 0. The highest BCUT2D eigenvalue weighted by molar-refractivity contribution is 5.62. The van der Waals surface area contributed by atoms with Crippen molar-refractivity contribution >= 4 is 5.69 Å². The average molecular weight is 406 g/mol. The Kier molecular flexibility index (Phi) is 4.84. The zero-order chi connectivity index (χ0) is 21.2. The van der Waals surface area contributed by atoms with Gasteiger partial charge in [0, 0.05) is 24.7 Å². The molecule has 2 aliphatic rings. The molecular formula is C26H22N4O. The lowest BCUT2D eigenvalue weighted by molar-refractivity contribution is 0.914. The van der Waals surface area contributed by atoms with Crippen LogP contribution < -0.4 is 11.3 Å². The molecule has 0 amide bonds. The van der Waals surface area contributed by atoms with Crippen molar-refractivity contribution in [3.63, 3.8) is 0 Å². The molecule has 0 aromatic heterocycles. The Balaban J connectivity index is 1.65. The third-order valence-corrected chi connectivity index (χ3v) is 5.41. The topological polar surface area (TPSA) is 76.7 Å². The van der Waals surface area contributed by atoms with Crippen LogP contribution in [0.1, 0.15) is 22.5 Å². The van der Waals surface area contributed by atoms with Gasteiger partial charge in [-0.1, -0.05) is 72.8 Å². The monoisotopic (exact) mass is 406 g/mol. The SMILES string of the molecule is Nc1ccc(-c2cn3c(=O)c(Cc4ccccc4)nc-3c(Cc3ccccc3)[nH]2)cc1. The average Bonchev–Trinajstić information content (AvgIpc) is 3.11. The van der Waals surface area contributed by atoms with Crippen LogP contribution in [0.5, 0.6) is 0 Å². The van der Waals surface area contributed by atoms with Crippen LogP contribution in [-0.4, -0.2) is 14.5 Å². The maximum Gasteiger partial charge on any atom is 0.278 e. The van der Waals surface area contributed by atoms with E-state index in [9.17, 15) is 4.79 Å². The van der Waals surface area contributed by atoms with Crippen molar-refractivity contribution in [1.82, 2.24) is 14.5 Å². The molecule has 0 aliphatic carbocycles. The Morgan fingerprint density at radius 3 is 2.06 bits per heavy atom. The normalized spacial score (nSPS) is 11.1. The van der Waals surface area contributed by atoms with Gasteiger partial charge >= 0.3 is 0 Å². The standard InChI is InChI=1S/C26H22N4O/c27-21-13-11-20(12-14-21)24-17-30-25(22(28-24)15-18-7-3-1-4-8-18)29-23(26(30)31)16-19-9-5-2-6-10-19/h1-14,17,28H,15-16,27H2. The van der Waals surface area contributed by atoms with Crippen LogP contribution in [0.15, 0.2) is 95.9 Å². The van der Waals surface area contributed by atoms with Gasteiger partial charge in [0.2, 0.25) is 0 Å². The summed E-state index contributed by atoms with van der Waals surface area (Å²) in [6.07, 6.45) is 2.98. The molecule has 0 saturated carbocycles. The van der Waals surface area contributed by atoms with Crippen molar-refractivity contribution in [1.29, 1.82) is 0 Å². The van der Waals surface area contributed by atoms with Crippen molar-refractivity contribution < 1.29 is 0 Å². The van der Waals surface area contributed by atoms with Crippen LogP contribution in [0, 0.1) is 0 Å². The van der Waals surface area contributed by atoms with E-state index in [1.54, 1.807) is 4.57 Å². The Labute approximate surface area is 180 Å². The first-order valence-corrected chi connectivity index (χ1v) is 10.2. The van der Waals surface area contributed by atoms with Crippen LogP contribution >= 0.6 is 0 Å². The molecule has 0 radical (unpaired) electrons. The zero-order valence-electron chi connectivity index (χ0n) is 17.0. The number of nitrogens with two attached hydrogens (primary N) is 1. The summed E-state index contributed by atoms with van der Waals surface area (Å²) in [6, 6.07) is 27.7. The van der Waals surface area contributed by atoms with E-state index in [0.29, 0.717) is 30.0 Å². The highest BCUT2D eigenvalue weighted by atomic mass is 16.1. The van der Waals surface area contributed by atoms with Crippen molar-refractivity contribution in [2.24, 2.45) is 0 Å². The van der Waals surface area contributed by atoms with E-state index in [0.717, 1.165) is 28.1 Å². The molecule has 5 heteroatoms. The summed E-state index contributed by atoms with van der Waals surface area (Å²) in [5.74, 6) is 0.666. The summed E-state index contributed by atoms with van der Waals surface area (Å²) in [7, 11) is 0. The van der Waals surface area contributed by atoms with Gasteiger partial charge in [-0.2, -0.15) is 0 Å².